The quantitative estimate of drug-likeness (QED) is 0.519. The molecule has 0 spiro atoms. The fourth-order valence-corrected chi connectivity index (χ4v) is 2.74. The molecule has 0 fully saturated rings. The molecule has 2 N–H and O–H groups in total. The lowest BCUT2D eigenvalue weighted by molar-refractivity contribution is -0.137. The molecule has 2 aromatic carbocycles. The van der Waals surface area contributed by atoms with Gasteiger partial charge in [-0.15, -0.1) is 0 Å². The second-order valence-electron chi connectivity index (χ2n) is 5.74. The number of fused-ring (bicyclic) bond motifs is 1. The van der Waals surface area contributed by atoms with Gasteiger partial charge in [0.25, 0.3) is 0 Å². The van der Waals surface area contributed by atoms with E-state index in [1.165, 1.54) is 18.5 Å². The Hall–Kier alpha value is -3.35. The Balaban J connectivity index is 1.64. The minimum Gasteiger partial charge on any atom is -0.359 e. The molecule has 0 aliphatic rings. The van der Waals surface area contributed by atoms with Crippen LogP contribution in [0, 0.1) is 0 Å². The van der Waals surface area contributed by atoms with E-state index in [0.29, 0.717) is 17.1 Å². The Morgan fingerprint density at radius 2 is 1.73 bits per heavy atom. The van der Waals surface area contributed by atoms with E-state index >= 15 is 0 Å². The molecule has 2 aromatic heterocycles. The zero-order valence-electron chi connectivity index (χ0n) is 13.4. The zero-order chi connectivity index (χ0) is 18.1. The number of para-hydroxylation sites is 1. The van der Waals surface area contributed by atoms with Crippen LogP contribution in [0.25, 0.3) is 22.2 Å². The molecule has 4 aromatic rings. The molecule has 4 rings (SSSR count). The standard InChI is InChI=1S/C19H13F3N4/c20-19(21,22)14-6-4-12(5-7-14)16-10-17(25-11-24-16)26-15-3-1-2-13-8-9-23-18(13)15/h1-11,23H,(H,24,25,26). The Labute approximate surface area is 146 Å². The fraction of sp³-hybridized carbons (Fsp3) is 0.0526. The first-order valence-corrected chi connectivity index (χ1v) is 7.83. The number of H-pyrrole nitrogens is 1. The van der Waals surface area contributed by atoms with Crippen molar-refractivity contribution in [1.82, 2.24) is 15.0 Å². The Kier molecular flexibility index (Phi) is 3.84. The first-order chi connectivity index (χ1) is 12.5. The number of nitrogens with one attached hydrogen (secondary N) is 2. The van der Waals surface area contributed by atoms with Crippen LogP contribution in [-0.2, 0) is 6.18 Å². The van der Waals surface area contributed by atoms with E-state index in [1.807, 2.05) is 30.5 Å². The summed E-state index contributed by atoms with van der Waals surface area (Å²) < 4.78 is 38.1. The smallest absolute Gasteiger partial charge is 0.359 e. The molecular formula is C19H13F3N4. The Bertz CT molecular complexity index is 1050. The number of halogens is 3. The van der Waals surface area contributed by atoms with Gasteiger partial charge in [-0.25, -0.2) is 9.97 Å². The number of benzene rings is 2. The average Bonchev–Trinajstić information content (AvgIpc) is 3.11. The van der Waals surface area contributed by atoms with Crippen molar-refractivity contribution < 1.29 is 13.2 Å². The average molecular weight is 354 g/mol. The van der Waals surface area contributed by atoms with E-state index in [1.54, 1.807) is 6.07 Å². The molecule has 7 heteroatoms. The zero-order valence-corrected chi connectivity index (χ0v) is 13.4. The van der Waals surface area contributed by atoms with Gasteiger partial charge in [-0.2, -0.15) is 13.2 Å². The minimum absolute atomic E-state index is 0.537. The fourth-order valence-electron chi connectivity index (χ4n) is 2.74. The van der Waals surface area contributed by atoms with Crippen molar-refractivity contribution in [3.05, 3.63) is 72.7 Å². The van der Waals surface area contributed by atoms with Crippen LogP contribution in [-0.4, -0.2) is 15.0 Å². The van der Waals surface area contributed by atoms with Gasteiger partial charge in [0.05, 0.1) is 22.5 Å². The highest BCUT2D eigenvalue weighted by Gasteiger charge is 2.30. The highest BCUT2D eigenvalue weighted by Crippen LogP contribution is 2.31. The van der Waals surface area contributed by atoms with Crippen LogP contribution in [0.1, 0.15) is 5.56 Å². The van der Waals surface area contributed by atoms with Gasteiger partial charge in [0.15, 0.2) is 0 Å². The third-order valence-corrected chi connectivity index (χ3v) is 4.03. The lowest BCUT2D eigenvalue weighted by Gasteiger charge is -2.09. The van der Waals surface area contributed by atoms with Crippen LogP contribution >= 0.6 is 0 Å². The van der Waals surface area contributed by atoms with E-state index < -0.39 is 11.7 Å². The monoisotopic (exact) mass is 354 g/mol. The number of aromatic amines is 1. The van der Waals surface area contributed by atoms with Crippen molar-refractivity contribution in [3.8, 4) is 11.3 Å². The van der Waals surface area contributed by atoms with Crippen LogP contribution in [0.4, 0.5) is 24.7 Å². The van der Waals surface area contributed by atoms with E-state index in [-0.39, 0.29) is 0 Å². The van der Waals surface area contributed by atoms with Gasteiger partial charge in [0, 0.05) is 23.2 Å². The third kappa shape index (κ3) is 3.11. The molecule has 26 heavy (non-hydrogen) atoms. The van der Waals surface area contributed by atoms with Gasteiger partial charge in [-0.3, -0.25) is 0 Å². The SMILES string of the molecule is FC(F)(F)c1ccc(-c2cc(Nc3cccc4cc[nH]c34)ncn2)cc1. The molecule has 0 amide bonds. The minimum atomic E-state index is -4.36. The molecule has 0 saturated heterocycles. The number of rotatable bonds is 3. The topological polar surface area (TPSA) is 53.6 Å². The predicted molar refractivity (Wildman–Crippen MR) is 94.1 cm³/mol. The number of alkyl halides is 3. The number of hydrogen-bond donors (Lipinski definition) is 2. The van der Waals surface area contributed by atoms with Crippen molar-refractivity contribution in [2.75, 3.05) is 5.32 Å². The summed E-state index contributed by atoms with van der Waals surface area (Å²) in [6.45, 7) is 0. The highest BCUT2D eigenvalue weighted by atomic mass is 19.4. The van der Waals surface area contributed by atoms with E-state index in [2.05, 4.69) is 20.3 Å². The van der Waals surface area contributed by atoms with Gasteiger partial charge in [0.2, 0.25) is 0 Å². The van der Waals surface area contributed by atoms with Crippen LogP contribution in [0.15, 0.2) is 67.1 Å². The van der Waals surface area contributed by atoms with Crippen molar-refractivity contribution in [3.63, 3.8) is 0 Å². The molecule has 0 saturated carbocycles. The van der Waals surface area contributed by atoms with Crippen molar-refractivity contribution >= 4 is 22.4 Å². The second-order valence-corrected chi connectivity index (χ2v) is 5.74. The van der Waals surface area contributed by atoms with Crippen molar-refractivity contribution in [2.24, 2.45) is 0 Å². The van der Waals surface area contributed by atoms with Crippen LogP contribution in [0.3, 0.4) is 0 Å². The van der Waals surface area contributed by atoms with Gasteiger partial charge < -0.3 is 10.3 Å². The van der Waals surface area contributed by atoms with E-state index in [4.69, 9.17) is 0 Å². The summed E-state index contributed by atoms with van der Waals surface area (Å²) in [6, 6.07) is 14.4. The lowest BCUT2D eigenvalue weighted by atomic mass is 10.1. The van der Waals surface area contributed by atoms with Gasteiger partial charge in [-0.05, 0) is 24.3 Å². The summed E-state index contributed by atoms with van der Waals surface area (Å²) in [5.74, 6) is 0.553. The van der Waals surface area contributed by atoms with Crippen LogP contribution in [0.2, 0.25) is 0 Å². The number of anilines is 2. The van der Waals surface area contributed by atoms with E-state index in [0.717, 1.165) is 28.7 Å². The maximum Gasteiger partial charge on any atom is 0.416 e. The highest BCUT2D eigenvalue weighted by molar-refractivity contribution is 5.92. The molecule has 4 nitrogen and oxygen atoms in total. The first-order valence-electron chi connectivity index (χ1n) is 7.83. The summed E-state index contributed by atoms with van der Waals surface area (Å²) in [4.78, 5) is 11.5. The molecule has 0 bridgehead atoms. The predicted octanol–water partition coefficient (Wildman–Crippen LogP) is 5.39. The van der Waals surface area contributed by atoms with Crippen molar-refractivity contribution in [1.29, 1.82) is 0 Å². The summed E-state index contributed by atoms with van der Waals surface area (Å²) in [6.07, 6.45) is -1.13. The van der Waals surface area contributed by atoms with E-state index in [9.17, 15) is 13.2 Å². The molecule has 0 aliphatic heterocycles. The molecule has 130 valence electrons. The van der Waals surface area contributed by atoms with Crippen molar-refractivity contribution in [2.45, 2.75) is 6.18 Å². The number of hydrogen-bond acceptors (Lipinski definition) is 3. The number of aromatic nitrogens is 3. The first kappa shape index (κ1) is 16.1. The van der Waals surface area contributed by atoms with Crippen LogP contribution in [0.5, 0.6) is 0 Å². The second kappa shape index (κ2) is 6.18. The molecule has 0 aliphatic carbocycles. The normalized spacial score (nSPS) is 11.7. The summed E-state index contributed by atoms with van der Waals surface area (Å²) in [5.41, 5.74) is 2.23. The lowest BCUT2D eigenvalue weighted by Crippen LogP contribution is -2.04. The largest absolute Gasteiger partial charge is 0.416 e. The molecule has 0 radical (unpaired) electrons. The summed E-state index contributed by atoms with van der Waals surface area (Å²) >= 11 is 0. The summed E-state index contributed by atoms with van der Waals surface area (Å²) in [5, 5.41) is 4.28. The summed E-state index contributed by atoms with van der Waals surface area (Å²) in [7, 11) is 0. The Morgan fingerprint density at radius 3 is 2.50 bits per heavy atom. The van der Waals surface area contributed by atoms with Crippen LogP contribution < -0.4 is 5.32 Å². The maximum atomic E-state index is 12.7. The molecule has 0 atom stereocenters. The van der Waals surface area contributed by atoms with Gasteiger partial charge in [0.1, 0.15) is 12.1 Å². The molecule has 0 unspecified atom stereocenters. The third-order valence-electron chi connectivity index (χ3n) is 4.03. The molecule has 2 heterocycles. The Morgan fingerprint density at radius 1 is 0.923 bits per heavy atom. The van der Waals surface area contributed by atoms with Gasteiger partial charge >= 0.3 is 6.18 Å². The molecular weight excluding hydrogens is 341 g/mol. The maximum absolute atomic E-state index is 12.7. The van der Waals surface area contributed by atoms with Gasteiger partial charge in [-0.1, -0.05) is 24.3 Å². The number of nitrogens with zero attached hydrogens (tertiary/aromatic N) is 2.